The average Bonchev–Trinajstić information content (AvgIpc) is 3.20. The SMILES string of the molecule is CCn1ccnc1CN(C)C(=O)C1CCN(C2CCS(=O)(=O)C2)CC1. The molecule has 0 saturated carbocycles. The van der Waals surface area contributed by atoms with Gasteiger partial charge in [-0.25, -0.2) is 13.4 Å². The van der Waals surface area contributed by atoms with Gasteiger partial charge in [-0.15, -0.1) is 0 Å². The smallest absolute Gasteiger partial charge is 0.225 e. The van der Waals surface area contributed by atoms with Gasteiger partial charge >= 0.3 is 0 Å². The predicted molar refractivity (Wildman–Crippen MR) is 95.7 cm³/mol. The number of aryl methyl sites for hydroxylation is 1. The normalized spacial score (nSPS) is 24.5. The van der Waals surface area contributed by atoms with E-state index in [1.165, 1.54) is 0 Å². The van der Waals surface area contributed by atoms with E-state index < -0.39 is 9.84 Å². The number of sulfone groups is 1. The Labute approximate surface area is 149 Å². The second-order valence-electron chi connectivity index (χ2n) is 7.19. The van der Waals surface area contributed by atoms with E-state index in [1.54, 1.807) is 11.1 Å². The second-order valence-corrected chi connectivity index (χ2v) is 9.42. The fraction of sp³-hybridized carbons (Fsp3) is 0.765. The van der Waals surface area contributed by atoms with Crippen LogP contribution in [-0.2, 0) is 27.7 Å². The zero-order valence-corrected chi connectivity index (χ0v) is 15.9. The van der Waals surface area contributed by atoms with Gasteiger partial charge in [0.25, 0.3) is 0 Å². The first-order valence-corrected chi connectivity index (χ1v) is 10.9. The van der Waals surface area contributed by atoms with Crippen LogP contribution in [0.3, 0.4) is 0 Å². The summed E-state index contributed by atoms with van der Waals surface area (Å²) < 4.78 is 25.4. The third-order valence-electron chi connectivity index (χ3n) is 5.50. The highest BCUT2D eigenvalue weighted by molar-refractivity contribution is 7.91. The molecule has 1 aromatic rings. The van der Waals surface area contributed by atoms with Crippen molar-refractivity contribution in [1.29, 1.82) is 0 Å². The molecule has 1 unspecified atom stereocenters. The molecule has 2 fully saturated rings. The molecule has 2 aliphatic heterocycles. The monoisotopic (exact) mass is 368 g/mol. The summed E-state index contributed by atoms with van der Waals surface area (Å²) in [5, 5.41) is 0. The van der Waals surface area contributed by atoms with Crippen molar-refractivity contribution in [1.82, 2.24) is 19.4 Å². The maximum absolute atomic E-state index is 12.7. The van der Waals surface area contributed by atoms with Gasteiger partial charge in [0.05, 0.1) is 18.1 Å². The average molecular weight is 369 g/mol. The molecule has 8 heteroatoms. The van der Waals surface area contributed by atoms with E-state index in [2.05, 4.69) is 16.8 Å². The van der Waals surface area contributed by atoms with Crippen molar-refractivity contribution in [2.24, 2.45) is 5.92 Å². The van der Waals surface area contributed by atoms with Crippen LogP contribution in [0, 0.1) is 5.92 Å². The van der Waals surface area contributed by atoms with Crippen LogP contribution in [0.2, 0.25) is 0 Å². The van der Waals surface area contributed by atoms with Crippen molar-refractivity contribution in [3.63, 3.8) is 0 Å². The number of hydrogen-bond acceptors (Lipinski definition) is 5. The summed E-state index contributed by atoms with van der Waals surface area (Å²) in [5.74, 6) is 1.70. The third-order valence-corrected chi connectivity index (χ3v) is 7.25. The first-order chi connectivity index (χ1) is 11.9. The minimum Gasteiger partial charge on any atom is -0.338 e. The molecule has 1 atom stereocenters. The van der Waals surface area contributed by atoms with Crippen molar-refractivity contribution in [3.05, 3.63) is 18.2 Å². The summed E-state index contributed by atoms with van der Waals surface area (Å²) in [4.78, 5) is 21.1. The van der Waals surface area contributed by atoms with Gasteiger partial charge < -0.3 is 9.47 Å². The Balaban J connectivity index is 1.51. The molecule has 2 aliphatic rings. The van der Waals surface area contributed by atoms with E-state index in [-0.39, 0.29) is 23.6 Å². The minimum absolute atomic E-state index is 0.0318. The Kier molecular flexibility index (Phi) is 5.48. The van der Waals surface area contributed by atoms with Gasteiger partial charge in [-0.1, -0.05) is 0 Å². The van der Waals surface area contributed by atoms with Crippen molar-refractivity contribution in [3.8, 4) is 0 Å². The van der Waals surface area contributed by atoms with Gasteiger partial charge in [0.2, 0.25) is 5.91 Å². The fourth-order valence-corrected chi connectivity index (χ4v) is 5.72. The first-order valence-electron chi connectivity index (χ1n) is 9.09. The standard InChI is InChI=1S/C17H28N4O3S/c1-3-20-10-7-18-16(20)12-19(2)17(22)14-4-8-21(9-5-14)15-6-11-25(23,24)13-15/h7,10,14-15H,3-6,8-9,11-13H2,1-2H3. The van der Waals surface area contributed by atoms with E-state index >= 15 is 0 Å². The number of likely N-dealkylation sites (tertiary alicyclic amines) is 1. The lowest BCUT2D eigenvalue weighted by atomic mass is 9.94. The molecule has 25 heavy (non-hydrogen) atoms. The van der Waals surface area contributed by atoms with Crippen LogP contribution in [-0.4, -0.2) is 71.4 Å². The summed E-state index contributed by atoms with van der Waals surface area (Å²) in [6.45, 7) is 5.06. The van der Waals surface area contributed by atoms with Crippen LogP contribution in [0.1, 0.15) is 32.0 Å². The Morgan fingerprint density at radius 1 is 1.32 bits per heavy atom. The topological polar surface area (TPSA) is 75.5 Å². The molecule has 3 rings (SSSR count). The third kappa shape index (κ3) is 4.23. The number of carbonyl (C=O) groups is 1. The molecule has 0 spiro atoms. The lowest BCUT2D eigenvalue weighted by molar-refractivity contribution is -0.136. The minimum atomic E-state index is -2.85. The van der Waals surface area contributed by atoms with Crippen LogP contribution in [0.15, 0.2) is 12.4 Å². The van der Waals surface area contributed by atoms with E-state index in [4.69, 9.17) is 0 Å². The molecule has 0 aromatic carbocycles. The summed E-state index contributed by atoms with van der Waals surface area (Å²) in [7, 11) is -1.01. The Bertz CT molecular complexity index is 707. The maximum atomic E-state index is 12.7. The number of hydrogen-bond donors (Lipinski definition) is 0. The van der Waals surface area contributed by atoms with Gasteiger partial charge in [-0.05, 0) is 39.3 Å². The first kappa shape index (κ1) is 18.4. The van der Waals surface area contributed by atoms with Crippen LogP contribution < -0.4 is 0 Å². The fourth-order valence-electron chi connectivity index (χ4n) is 3.96. The molecule has 0 radical (unpaired) electrons. The molecule has 3 heterocycles. The van der Waals surface area contributed by atoms with Crippen molar-refractivity contribution >= 4 is 15.7 Å². The number of rotatable bonds is 5. The maximum Gasteiger partial charge on any atom is 0.225 e. The van der Waals surface area contributed by atoms with Crippen molar-refractivity contribution in [2.45, 2.75) is 45.3 Å². The number of piperidine rings is 1. The zero-order chi connectivity index (χ0) is 18.0. The van der Waals surface area contributed by atoms with Crippen molar-refractivity contribution < 1.29 is 13.2 Å². The highest BCUT2D eigenvalue weighted by Gasteiger charge is 2.35. The molecule has 7 nitrogen and oxygen atoms in total. The highest BCUT2D eigenvalue weighted by atomic mass is 32.2. The summed E-state index contributed by atoms with van der Waals surface area (Å²) in [6.07, 6.45) is 6.05. The van der Waals surface area contributed by atoms with Gasteiger partial charge in [0, 0.05) is 37.9 Å². The van der Waals surface area contributed by atoms with Gasteiger partial charge in [-0.2, -0.15) is 0 Å². The largest absolute Gasteiger partial charge is 0.338 e. The molecule has 0 N–H and O–H groups in total. The number of carbonyl (C=O) groups excluding carboxylic acids is 1. The quantitative estimate of drug-likeness (QED) is 0.767. The second kappa shape index (κ2) is 7.45. The Morgan fingerprint density at radius 3 is 2.64 bits per heavy atom. The number of amides is 1. The van der Waals surface area contributed by atoms with Crippen molar-refractivity contribution in [2.75, 3.05) is 31.6 Å². The van der Waals surface area contributed by atoms with Crippen LogP contribution in [0.4, 0.5) is 0 Å². The molecular weight excluding hydrogens is 340 g/mol. The molecule has 1 aromatic heterocycles. The molecule has 2 saturated heterocycles. The highest BCUT2D eigenvalue weighted by Crippen LogP contribution is 2.25. The van der Waals surface area contributed by atoms with Crippen LogP contribution in [0.25, 0.3) is 0 Å². The Morgan fingerprint density at radius 2 is 2.04 bits per heavy atom. The van der Waals surface area contributed by atoms with E-state index in [1.807, 2.05) is 17.8 Å². The van der Waals surface area contributed by atoms with Gasteiger partial charge in [0.1, 0.15) is 5.82 Å². The predicted octanol–water partition coefficient (Wildman–Crippen LogP) is 0.761. The molecule has 0 aliphatic carbocycles. The van der Waals surface area contributed by atoms with Gasteiger partial charge in [-0.3, -0.25) is 9.69 Å². The summed E-state index contributed by atoms with van der Waals surface area (Å²) >= 11 is 0. The number of nitrogens with zero attached hydrogens (tertiary/aromatic N) is 4. The number of aromatic nitrogens is 2. The summed E-state index contributed by atoms with van der Waals surface area (Å²) in [5.41, 5.74) is 0. The van der Waals surface area contributed by atoms with Crippen LogP contribution >= 0.6 is 0 Å². The van der Waals surface area contributed by atoms with E-state index in [9.17, 15) is 13.2 Å². The molecular formula is C17H28N4O3S. The van der Waals surface area contributed by atoms with Crippen LogP contribution in [0.5, 0.6) is 0 Å². The van der Waals surface area contributed by atoms with E-state index in [0.717, 1.165) is 44.7 Å². The van der Waals surface area contributed by atoms with Gasteiger partial charge in [0.15, 0.2) is 9.84 Å². The van der Waals surface area contributed by atoms with E-state index in [0.29, 0.717) is 12.3 Å². The summed E-state index contributed by atoms with van der Waals surface area (Å²) in [6, 6.07) is 0.149. The molecule has 1 amide bonds. The lowest BCUT2D eigenvalue weighted by Crippen LogP contribution is -2.45. The lowest BCUT2D eigenvalue weighted by Gasteiger charge is -2.36. The zero-order valence-electron chi connectivity index (χ0n) is 15.1. The molecule has 140 valence electrons. The number of imidazole rings is 1. The molecule has 0 bridgehead atoms. The Hall–Kier alpha value is -1.41.